The maximum absolute atomic E-state index is 8.19. The molecule has 1 aliphatic rings. The second kappa shape index (κ2) is 27.5. The van der Waals surface area contributed by atoms with Gasteiger partial charge >= 0.3 is 21.0 Å². The van der Waals surface area contributed by atoms with Gasteiger partial charge in [0.05, 0.1) is 11.6 Å². The Balaban J connectivity index is 0.00000513. The fourth-order valence-electron chi connectivity index (χ4n) is 14.2. The summed E-state index contributed by atoms with van der Waals surface area (Å²) < 4.78 is 8.19. The average Bonchev–Trinajstić information content (AvgIpc) is 1.57. The zero-order valence-corrected chi connectivity index (χ0v) is 67.9. The first-order valence-electron chi connectivity index (χ1n) is 37.1. The summed E-state index contributed by atoms with van der Waals surface area (Å²) in [6, 6.07) is 72.3. The zero-order valence-electron chi connectivity index (χ0n) is 66.5. The topological polar surface area (TPSA) is 111 Å². The Labute approximate surface area is 634 Å². The molecule has 8 nitrogen and oxygen atoms in total. The fourth-order valence-corrected chi connectivity index (χ4v) is 14.2. The van der Waals surface area contributed by atoms with Crippen LogP contribution in [-0.4, -0.2) is 19.9 Å². The van der Waals surface area contributed by atoms with Gasteiger partial charge in [0.15, 0.2) is 0 Å². The third kappa shape index (κ3) is 15.3. The molecule has 0 radical (unpaired) electrons. The molecule has 0 N–H and O–H groups in total. The van der Waals surface area contributed by atoms with Gasteiger partial charge in [-0.15, -0.1) is 0 Å². The van der Waals surface area contributed by atoms with Crippen LogP contribution in [0.4, 0.5) is 0 Å². The first kappa shape index (κ1) is 75.4. The zero-order chi connectivity index (χ0) is 76.1. The summed E-state index contributed by atoms with van der Waals surface area (Å²) in [6.45, 7) is 54.4. The average molecular weight is 1420 g/mol. The number of rotatable bonds is 8. The summed E-state index contributed by atoms with van der Waals surface area (Å²) in [4.78, 5) is 41.9. The molecule has 0 saturated heterocycles. The van der Waals surface area contributed by atoms with Gasteiger partial charge in [-0.2, -0.15) is 0 Å². The van der Waals surface area contributed by atoms with Crippen LogP contribution >= 0.6 is 0 Å². The van der Waals surface area contributed by atoms with Crippen LogP contribution in [0.25, 0.3) is 112 Å². The van der Waals surface area contributed by atoms with Gasteiger partial charge in [0.2, 0.25) is 0 Å². The van der Waals surface area contributed by atoms with E-state index in [0.29, 0.717) is 45.3 Å². The van der Waals surface area contributed by atoms with E-state index in [4.69, 9.17) is 38.6 Å². The first-order valence-corrected chi connectivity index (χ1v) is 37.7. The minimum atomic E-state index is -0.118. The van der Waals surface area contributed by atoms with Crippen LogP contribution in [-0.2, 0) is 64.4 Å². The van der Waals surface area contributed by atoms with E-state index in [1.54, 1.807) is 0 Å². The van der Waals surface area contributed by atoms with Crippen molar-refractivity contribution in [3.05, 3.63) is 261 Å². The summed E-state index contributed by atoms with van der Waals surface area (Å²) in [6.07, 6.45) is 0. The van der Waals surface area contributed by atoms with Gasteiger partial charge < -0.3 is 29.9 Å². The van der Waals surface area contributed by atoms with E-state index >= 15 is 0 Å². The molecule has 0 amide bonds. The van der Waals surface area contributed by atoms with Crippen molar-refractivity contribution < 1.29 is 21.0 Å². The summed E-state index contributed by atoms with van der Waals surface area (Å²) >= 11 is 1.06. The molecule has 8 aromatic carbocycles. The predicted molar refractivity (Wildman–Crippen MR) is 437 cm³/mol. The molecule has 1 aliphatic heterocycles. The Morgan fingerprint density at radius 2 is 0.362 bits per heavy atom. The predicted octanol–water partition coefficient (Wildman–Crippen LogP) is 24.9. The molecule has 4 aromatic heterocycles. The number of hydrogen-bond acceptors (Lipinski definition) is 5. The van der Waals surface area contributed by atoms with Crippen LogP contribution in [0, 0.1) is 0 Å². The van der Waals surface area contributed by atoms with Gasteiger partial charge in [0.1, 0.15) is 0 Å². The first-order chi connectivity index (χ1) is 49.1. The monoisotopic (exact) mass is 1420 g/mol. The molecule has 0 unspecified atom stereocenters. The van der Waals surface area contributed by atoms with Crippen molar-refractivity contribution >= 4 is 44.8 Å². The van der Waals surface area contributed by atoms with Crippen molar-refractivity contribution in [2.45, 2.75) is 209 Å². The van der Waals surface area contributed by atoms with Crippen LogP contribution in [0.1, 0.15) is 233 Å². The number of aromatic nitrogens is 7. The van der Waals surface area contributed by atoms with Crippen molar-refractivity contribution in [1.82, 2.24) is 34.9 Å². The second-order valence-electron chi connectivity index (χ2n) is 37.0. The minimum absolute atomic E-state index is 0.110. The third-order valence-corrected chi connectivity index (χ3v) is 20.9. The third-order valence-electron chi connectivity index (χ3n) is 20.9. The number of fused-ring (bicyclic) bond motifs is 9. The molecular weight excluding hydrogens is 1320 g/mol. The fraction of sp³-hybridized carbons (Fsp3) is 0.333. The second-order valence-corrected chi connectivity index (χ2v) is 37.0. The number of nitrogens with zero attached hydrogens (tertiary/aromatic N) is 7. The Bertz CT molecular complexity index is 5360. The van der Waals surface area contributed by atoms with Crippen LogP contribution in [0.15, 0.2) is 194 Å². The van der Waals surface area contributed by atoms with Crippen molar-refractivity contribution in [3.8, 4) is 66.8 Å². The van der Waals surface area contributed by atoms with Crippen molar-refractivity contribution in [3.63, 3.8) is 0 Å². The summed E-state index contributed by atoms with van der Waals surface area (Å²) in [7, 11) is 0. The molecule has 13 rings (SSSR count). The quantitative estimate of drug-likeness (QED) is 0.148. The van der Waals surface area contributed by atoms with Crippen LogP contribution in [0.3, 0.4) is 0 Å². The number of benzene rings is 8. The van der Waals surface area contributed by atoms with Crippen molar-refractivity contribution in [1.29, 1.82) is 0 Å². The molecule has 5 heterocycles. The van der Waals surface area contributed by atoms with Crippen molar-refractivity contribution in [2.75, 3.05) is 0 Å². The van der Waals surface area contributed by atoms with E-state index in [9.17, 15) is 0 Å². The Hall–Kier alpha value is -9.34. The van der Waals surface area contributed by atoms with Gasteiger partial charge in [-0.05, 0) is 188 Å². The van der Waals surface area contributed by atoms with E-state index in [0.717, 1.165) is 106 Å². The van der Waals surface area contributed by atoms with E-state index in [1.807, 2.05) is 0 Å². The molecule has 12 aromatic rings. The summed E-state index contributed by atoms with van der Waals surface area (Å²) in [5.74, 6) is 0.963. The summed E-state index contributed by atoms with van der Waals surface area (Å²) in [5.41, 5.74) is 26.8. The van der Waals surface area contributed by atoms with Gasteiger partial charge in [0.25, 0.3) is 0 Å². The molecule has 0 spiro atoms. The number of hydrogen-bond donors (Lipinski definition) is 0. The van der Waals surface area contributed by atoms with E-state index < -0.39 is 0 Å². The van der Waals surface area contributed by atoms with Gasteiger partial charge in [-0.25, -0.2) is 4.98 Å². The molecule has 0 fully saturated rings. The van der Waals surface area contributed by atoms with Crippen LogP contribution < -0.4 is 15.0 Å². The van der Waals surface area contributed by atoms with Gasteiger partial charge in [0, 0.05) is 22.4 Å². The van der Waals surface area contributed by atoms with Gasteiger partial charge in [-0.1, -0.05) is 360 Å². The molecule has 0 saturated carbocycles. The molecule has 8 bridgehead atoms. The van der Waals surface area contributed by atoms with Crippen LogP contribution in [0.5, 0.6) is 0 Å². The normalized spacial score (nSPS) is 13.2. The molecule has 105 heavy (non-hydrogen) atoms. The Morgan fingerprint density at radius 3 is 0.571 bits per heavy atom. The van der Waals surface area contributed by atoms with Crippen LogP contribution in [0.2, 0.25) is 0 Å². The molecule has 0 atom stereocenters. The maximum atomic E-state index is 8.19. The standard InChI is InChI=1S/C96H104N7.O.V/c1-89(2,3)65-41-25-57(26-42-65)73-75(59-29-45-67(46-30-59)91(7,8)9)83-97-81(73)82-74(58-27-43-66(44-28-58)90(4,5)6)76(60-31-47-68(48-32-60)92(10,11)12)84(98-82)100-86-78(62-35-51-70(52-36-62)94(16,17)18)80(64-39-55-72(56-40-64)96(22,23)24)88(102-86)103-87-79(63-37-53-71(54-38-63)95(19,20)21)77(85(99-83)101-87)61-33-49-69(50-34-61)93(13,14)15;;/h25-56H,1-24H3;;/q-3;;. The molecule has 537 valence electrons. The Morgan fingerprint density at radius 1 is 0.200 bits per heavy atom. The molecule has 0 aliphatic carbocycles. The SMILES string of the molecule is CC(C)(C)c1ccc(C2=C(c3ccc(C(C)(C)C)cc3)c3nc2nc2[n-]c(nc4[n-]c(c(-c5ccc(C(C)(C)C)cc5)c4-c4ccc(C(C)(C)C)cc4)c4[n-]c(n3)c(-c3ccc(C(C)(C)C)cc3)c4-c3ccc(C(C)(C)C)cc3)c(-c3ccc(C(C)(C)C)cc3)c2-c2ccc(C(C)(C)C)cc2)cc1.[O]=[V]. The van der Waals surface area contributed by atoms with E-state index in [2.05, 4.69) is 360 Å². The Kier molecular flexibility index (Phi) is 19.8. The molecule has 9 heteroatoms. The van der Waals surface area contributed by atoms with E-state index in [-0.39, 0.29) is 43.3 Å². The van der Waals surface area contributed by atoms with E-state index in [1.165, 1.54) is 44.5 Å². The van der Waals surface area contributed by atoms with Gasteiger partial charge in [-0.3, -0.25) is 0 Å². The molecular formula is C96H104N7OV-3. The van der Waals surface area contributed by atoms with Crippen molar-refractivity contribution in [2.24, 2.45) is 0 Å². The summed E-state index contributed by atoms with van der Waals surface area (Å²) in [5, 5.41) is 0.